The molecule has 1 aromatic carbocycles. The highest BCUT2D eigenvalue weighted by Crippen LogP contribution is 2.08. The predicted octanol–water partition coefficient (Wildman–Crippen LogP) is 1.29. The Morgan fingerprint density at radius 3 is 2.32 bits per heavy atom. The van der Waals surface area contributed by atoms with E-state index in [-0.39, 0.29) is 25.5 Å². The summed E-state index contributed by atoms with van der Waals surface area (Å²) >= 11 is 0. The average molecular weight is 265 g/mol. The minimum Gasteiger partial charge on any atom is -0.481 e. The Kier molecular flexibility index (Phi) is 6.02. The van der Waals surface area contributed by atoms with Crippen LogP contribution in [-0.4, -0.2) is 46.7 Å². The number of aryl methyl sites for hydroxylation is 1. The molecule has 0 atom stereocenters. The molecular formula is C14H19NO4. The molecule has 0 heterocycles. The second-order valence-corrected chi connectivity index (χ2v) is 4.38. The molecule has 0 spiro atoms. The molecule has 2 N–H and O–H groups in total. The van der Waals surface area contributed by atoms with Crippen molar-refractivity contribution in [3.05, 3.63) is 35.4 Å². The summed E-state index contributed by atoms with van der Waals surface area (Å²) in [5.41, 5.74) is 1.60. The van der Waals surface area contributed by atoms with Gasteiger partial charge in [-0.05, 0) is 25.5 Å². The first-order valence-electron chi connectivity index (χ1n) is 6.23. The molecule has 5 heteroatoms. The van der Waals surface area contributed by atoms with Crippen molar-refractivity contribution in [3.8, 4) is 0 Å². The molecule has 0 saturated heterocycles. The monoisotopic (exact) mass is 265 g/mol. The summed E-state index contributed by atoms with van der Waals surface area (Å²) < 4.78 is 0. The van der Waals surface area contributed by atoms with Gasteiger partial charge in [0.1, 0.15) is 0 Å². The van der Waals surface area contributed by atoms with E-state index in [2.05, 4.69) is 0 Å². The van der Waals surface area contributed by atoms with Gasteiger partial charge in [0.15, 0.2) is 0 Å². The number of aliphatic hydroxyl groups excluding tert-OH is 1. The molecule has 0 bridgehead atoms. The van der Waals surface area contributed by atoms with Crippen LogP contribution in [0.2, 0.25) is 0 Å². The Bertz CT molecular complexity index is 428. The van der Waals surface area contributed by atoms with Crippen molar-refractivity contribution in [1.29, 1.82) is 0 Å². The van der Waals surface area contributed by atoms with Gasteiger partial charge >= 0.3 is 5.97 Å². The van der Waals surface area contributed by atoms with Gasteiger partial charge in [0.25, 0.3) is 5.91 Å². The number of aliphatic hydroxyl groups is 1. The quantitative estimate of drug-likeness (QED) is 0.779. The van der Waals surface area contributed by atoms with Gasteiger partial charge < -0.3 is 15.1 Å². The molecule has 0 fully saturated rings. The Hall–Kier alpha value is -1.88. The van der Waals surface area contributed by atoms with Crippen LogP contribution < -0.4 is 0 Å². The van der Waals surface area contributed by atoms with Gasteiger partial charge in [0.2, 0.25) is 0 Å². The Morgan fingerprint density at radius 2 is 1.79 bits per heavy atom. The van der Waals surface area contributed by atoms with Crippen LogP contribution in [0.5, 0.6) is 0 Å². The van der Waals surface area contributed by atoms with Gasteiger partial charge in [-0.1, -0.05) is 17.7 Å². The number of carbonyl (C=O) groups is 2. The van der Waals surface area contributed by atoms with Crippen molar-refractivity contribution in [3.63, 3.8) is 0 Å². The molecule has 1 aromatic rings. The van der Waals surface area contributed by atoms with E-state index in [4.69, 9.17) is 10.2 Å². The van der Waals surface area contributed by atoms with Gasteiger partial charge in [-0.25, -0.2) is 0 Å². The van der Waals surface area contributed by atoms with Crippen LogP contribution >= 0.6 is 0 Å². The SMILES string of the molecule is Cc1ccc(C(=O)N(CCCO)CCC(=O)O)cc1. The van der Waals surface area contributed by atoms with Crippen LogP contribution in [0.25, 0.3) is 0 Å². The number of aliphatic carboxylic acids is 1. The molecule has 104 valence electrons. The zero-order valence-corrected chi connectivity index (χ0v) is 11.0. The third kappa shape index (κ3) is 5.09. The predicted molar refractivity (Wildman–Crippen MR) is 71.0 cm³/mol. The van der Waals surface area contributed by atoms with Crippen molar-refractivity contribution in [2.75, 3.05) is 19.7 Å². The Balaban J connectivity index is 2.74. The van der Waals surface area contributed by atoms with Crippen LogP contribution in [0.1, 0.15) is 28.8 Å². The summed E-state index contributed by atoms with van der Waals surface area (Å²) in [6.07, 6.45) is 0.347. The third-order valence-electron chi connectivity index (χ3n) is 2.77. The largest absolute Gasteiger partial charge is 0.481 e. The van der Waals surface area contributed by atoms with E-state index in [1.807, 2.05) is 19.1 Å². The first-order valence-corrected chi connectivity index (χ1v) is 6.23. The highest BCUT2D eigenvalue weighted by molar-refractivity contribution is 5.94. The minimum atomic E-state index is -0.939. The lowest BCUT2D eigenvalue weighted by atomic mass is 10.1. The van der Waals surface area contributed by atoms with E-state index in [1.165, 1.54) is 4.90 Å². The molecule has 0 saturated carbocycles. The number of hydrogen-bond donors (Lipinski definition) is 2. The van der Waals surface area contributed by atoms with Gasteiger partial charge in [-0.3, -0.25) is 9.59 Å². The van der Waals surface area contributed by atoms with E-state index in [0.29, 0.717) is 18.5 Å². The van der Waals surface area contributed by atoms with Crippen molar-refractivity contribution >= 4 is 11.9 Å². The zero-order valence-electron chi connectivity index (χ0n) is 11.0. The molecule has 1 amide bonds. The topological polar surface area (TPSA) is 77.8 Å². The molecule has 0 aliphatic heterocycles. The van der Waals surface area contributed by atoms with E-state index < -0.39 is 5.97 Å². The lowest BCUT2D eigenvalue weighted by Crippen LogP contribution is -2.34. The Labute approximate surface area is 112 Å². The van der Waals surface area contributed by atoms with Crippen molar-refractivity contribution < 1.29 is 19.8 Å². The van der Waals surface area contributed by atoms with Crippen LogP contribution in [-0.2, 0) is 4.79 Å². The first kappa shape index (κ1) is 15.2. The molecule has 5 nitrogen and oxygen atoms in total. The van der Waals surface area contributed by atoms with Crippen LogP contribution in [0.4, 0.5) is 0 Å². The standard InChI is InChI=1S/C14H19NO4/c1-11-3-5-12(6-4-11)14(19)15(8-2-10-16)9-7-13(17)18/h3-6,16H,2,7-10H2,1H3,(H,17,18). The summed E-state index contributed by atoms with van der Waals surface area (Å²) in [6, 6.07) is 7.14. The van der Waals surface area contributed by atoms with Gasteiger partial charge in [-0.15, -0.1) is 0 Å². The van der Waals surface area contributed by atoms with E-state index in [0.717, 1.165) is 5.56 Å². The Morgan fingerprint density at radius 1 is 1.16 bits per heavy atom. The van der Waals surface area contributed by atoms with E-state index in [9.17, 15) is 9.59 Å². The molecular weight excluding hydrogens is 246 g/mol. The van der Waals surface area contributed by atoms with Crippen molar-refractivity contribution in [2.24, 2.45) is 0 Å². The van der Waals surface area contributed by atoms with E-state index >= 15 is 0 Å². The van der Waals surface area contributed by atoms with Crippen molar-refractivity contribution in [2.45, 2.75) is 19.8 Å². The summed E-state index contributed by atoms with van der Waals surface area (Å²) in [6.45, 7) is 2.42. The van der Waals surface area contributed by atoms with Crippen LogP contribution in [0.15, 0.2) is 24.3 Å². The molecule has 0 radical (unpaired) electrons. The van der Waals surface area contributed by atoms with Gasteiger partial charge in [0.05, 0.1) is 6.42 Å². The number of rotatable bonds is 7. The summed E-state index contributed by atoms with van der Waals surface area (Å²) in [7, 11) is 0. The van der Waals surface area contributed by atoms with Crippen LogP contribution in [0.3, 0.4) is 0 Å². The third-order valence-corrected chi connectivity index (χ3v) is 2.77. The summed E-state index contributed by atoms with van der Waals surface area (Å²) in [4.78, 5) is 24.3. The fourth-order valence-corrected chi connectivity index (χ4v) is 1.69. The molecule has 0 aromatic heterocycles. The number of benzene rings is 1. The smallest absolute Gasteiger partial charge is 0.305 e. The van der Waals surface area contributed by atoms with E-state index in [1.54, 1.807) is 12.1 Å². The fraction of sp³-hybridized carbons (Fsp3) is 0.429. The molecule has 0 aliphatic carbocycles. The number of amides is 1. The first-order chi connectivity index (χ1) is 9.04. The average Bonchev–Trinajstić information content (AvgIpc) is 2.39. The number of nitrogens with zero attached hydrogens (tertiary/aromatic N) is 1. The molecule has 19 heavy (non-hydrogen) atoms. The molecule has 1 rings (SSSR count). The lowest BCUT2D eigenvalue weighted by Gasteiger charge is -2.21. The van der Waals surface area contributed by atoms with Crippen LogP contribution in [0, 0.1) is 6.92 Å². The summed E-state index contributed by atoms with van der Waals surface area (Å²) in [5, 5.41) is 17.5. The minimum absolute atomic E-state index is 0.0231. The maximum absolute atomic E-state index is 12.2. The van der Waals surface area contributed by atoms with Gasteiger partial charge in [0, 0.05) is 25.3 Å². The molecule has 0 unspecified atom stereocenters. The molecule has 0 aliphatic rings. The second-order valence-electron chi connectivity index (χ2n) is 4.38. The summed E-state index contributed by atoms with van der Waals surface area (Å²) in [5.74, 6) is -1.14. The maximum atomic E-state index is 12.2. The van der Waals surface area contributed by atoms with Gasteiger partial charge in [-0.2, -0.15) is 0 Å². The maximum Gasteiger partial charge on any atom is 0.305 e. The second kappa shape index (κ2) is 7.53. The zero-order chi connectivity index (χ0) is 14.3. The highest BCUT2D eigenvalue weighted by Gasteiger charge is 2.16. The number of carboxylic acid groups (broad SMARTS) is 1. The normalized spacial score (nSPS) is 10.2. The van der Waals surface area contributed by atoms with Crippen molar-refractivity contribution in [1.82, 2.24) is 4.90 Å². The number of carboxylic acids is 1. The fourth-order valence-electron chi connectivity index (χ4n) is 1.69. The number of carbonyl (C=O) groups excluding carboxylic acids is 1. The highest BCUT2D eigenvalue weighted by atomic mass is 16.4. The lowest BCUT2D eigenvalue weighted by molar-refractivity contribution is -0.137. The number of hydrogen-bond acceptors (Lipinski definition) is 3.